The molecule has 0 bridgehead atoms. The van der Waals surface area contributed by atoms with E-state index in [2.05, 4.69) is 34.9 Å². The van der Waals surface area contributed by atoms with E-state index >= 15 is 0 Å². The fraction of sp³-hybridized carbons (Fsp3) is 0.300. The minimum atomic E-state index is -0.560. The van der Waals surface area contributed by atoms with Gasteiger partial charge in [0, 0.05) is 9.13 Å². The summed E-state index contributed by atoms with van der Waals surface area (Å²) in [7, 11) is 0. The van der Waals surface area contributed by atoms with Crippen LogP contribution in [0, 0.1) is 3.57 Å². The van der Waals surface area contributed by atoms with E-state index in [4.69, 9.17) is 0 Å². The van der Waals surface area contributed by atoms with Crippen LogP contribution in [0.25, 0.3) is 0 Å². The van der Waals surface area contributed by atoms with Gasteiger partial charge in [0.15, 0.2) is 0 Å². The Kier molecular flexibility index (Phi) is 13.1. The number of hydrogen-bond donors (Lipinski definition) is 1. The highest BCUT2D eigenvalue weighted by atomic mass is 127. The molecule has 2 rings (SSSR count). The molecule has 0 fully saturated rings. The maximum absolute atomic E-state index is 13.0. The highest BCUT2D eigenvalue weighted by Crippen LogP contribution is 2.19. The standard InChI is InChI=1S/C20H23IN2O2.3ClH/c1-5-14-10-12-15(13-11-14)18(24)22-23(20(2,3)4)19(25)16-8-6-7-9-17(16)21;;;/h6-13H,5H2,1-4H3,(H,22,24);3*1H. The number of aryl methyl sites for hydroxylation is 1. The van der Waals surface area contributed by atoms with Crippen molar-refractivity contribution in [2.24, 2.45) is 0 Å². The summed E-state index contributed by atoms with van der Waals surface area (Å²) in [4.78, 5) is 25.6. The molecule has 1 N–H and O–H groups in total. The van der Waals surface area contributed by atoms with Crippen LogP contribution in [0.2, 0.25) is 0 Å². The Balaban J connectivity index is 0. The zero-order chi connectivity index (χ0) is 18.6. The van der Waals surface area contributed by atoms with E-state index < -0.39 is 5.54 Å². The van der Waals surface area contributed by atoms with Gasteiger partial charge < -0.3 is 0 Å². The quantitative estimate of drug-likeness (QED) is 0.387. The Bertz CT molecular complexity index is 778. The molecule has 4 nitrogen and oxygen atoms in total. The normalized spacial score (nSPS) is 9.89. The summed E-state index contributed by atoms with van der Waals surface area (Å²) >= 11 is 2.13. The van der Waals surface area contributed by atoms with Crippen molar-refractivity contribution in [2.45, 2.75) is 39.7 Å². The zero-order valence-electron chi connectivity index (χ0n) is 16.2. The smallest absolute Gasteiger partial charge is 0.267 e. The van der Waals surface area contributed by atoms with E-state index in [1.54, 1.807) is 18.2 Å². The molecule has 2 amide bonds. The molecule has 0 aliphatic heterocycles. The first-order chi connectivity index (χ1) is 11.7. The molecule has 0 radical (unpaired) electrons. The van der Waals surface area contributed by atoms with E-state index in [0.717, 1.165) is 9.99 Å². The maximum atomic E-state index is 13.0. The summed E-state index contributed by atoms with van der Waals surface area (Å²) in [6, 6.07) is 14.8. The van der Waals surface area contributed by atoms with Gasteiger partial charge in [-0.1, -0.05) is 31.2 Å². The lowest BCUT2D eigenvalue weighted by molar-refractivity contribution is 0.0357. The molecule has 156 valence electrons. The van der Waals surface area contributed by atoms with Gasteiger partial charge in [0.1, 0.15) is 0 Å². The Morgan fingerprint density at radius 2 is 1.50 bits per heavy atom. The van der Waals surface area contributed by atoms with Crippen molar-refractivity contribution in [3.8, 4) is 0 Å². The van der Waals surface area contributed by atoms with Crippen LogP contribution in [0.4, 0.5) is 0 Å². The van der Waals surface area contributed by atoms with Gasteiger partial charge in [0.2, 0.25) is 0 Å². The second-order valence-electron chi connectivity index (χ2n) is 6.78. The predicted octanol–water partition coefficient (Wildman–Crippen LogP) is 5.70. The maximum Gasteiger partial charge on any atom is 0.273 e. The number of hydrazine groups is 1. The average molecular weight is 560 g/mol. The lowest BCUT2D eigenvalue weighted by Gasteiger charge is -2.35. The summed E-state index contributed by atoms with van der Waals surface area (Å²) in [6.45, 7) is 7.74. The highest BCUT2D eigenvalue weighted by molar-refractivity contribution is 14.1. The molecule has 0 spiro atoms. The molecule has 0 unspecified atom stereocenters. The molecule has 28 heavy (non-hydrogen) atoms. The first kappa shape index (κ1) is 29.2. The van der Waals surface area contributed by atoms with Crippen LogP contribution in [-0.4, -0.2) is 22.4 Å². The largest absolute Gasteiger partial charge is 0.273 e. The molecule has 2 aromatic carbocycles. The molecule has 0 atom stereocenters. The van der Waals surface area contributed by atoms with Gasteiger partial charge in [-0.25, -0.2) is 5.01 Å². The molecular weight excluding hydrogens is 533 g/mol. The monoisotopic (exact) mass is 558 g/mol. The number of nitrogens with zero attached hydrogens (tertiary/aromatic N) is 1. The van der Waals surface area contributed by atoms with Crippen LogP contribution in [0.1, 0.15) is 54.0 Å². The molecule has 2 aromatic rings. The molecule has 0 aliphatic carbocycles. The molecule has 0 aliphatic rings. The molecule has 0 saturated heterocycles. The van der Waals surface area contributed by atoms with E-state index in [-0.39, 0.29) is 49.0 Å². The summed E-state index contributed by atoms with van der Waals surface area (Å²) in [5, 5.41) is 1.40. The Hall–Kier alpha value is -1.02. The average Bonchev–Trinajstić information content (AvgIpc) is 2.58. The van der Waals surface area contributed by atoms with E-state index in [9.17, 15) is 9.59 Å². The number of carbonyl (C=O) groups is 2. The minimum absolute atomic E-state index is 0. The van der Waals surface area contributed by atoms with Gasteiger partial charge in [0.25, 0.3) is 11.8 Å². The topological polar surface area (TPSA) is 49.4 Å². The Labute approximate surface area is 199 Å². The van der Waals surface area contributed by atoms with Crippen molar-refractivity contribution in [1.82, 2.24) is 10.4 Å². The number of rotatable bonds is 3. The first-order valence-corrected chi connectivity index (χ1v) is 9.31. The Morgan fingerprint density at radius 3 is 1.96 bits per heavy atom. The van der Waals surface area contributed by atoms with Crippen molar-refractivity contribution in [3.05, 3.63) is 68.8 Å². The highest BCUT2D eigenvalue weighted by Gasteiger charge is 2.30. The third kappa shape index (κ3) is 7.43. The molecule has 0 saturated carbocycles. The number of halogens is 4. The van der Waals surface area contributed by atoms with Crippen LogP contribution in [0.5, 0.6) is 0 Å². The van der Waals surface area contributed by atoms with Crippen LogP contribution in [-0.2, 0) is 6.42 Å². The summed E-state index contributed by atoms with van der Waals surface area (Å²) in [5.41, 5.74) is 4.48. The van der Waals surface area contributed by atoms with Crippen molar-refractivity contribution in [1.29, 1.82) is 0 Å². The lowest BCUT2D eigenvalue weighted by Crippen LogP contribution is -2.56. The summed E-state index contributed by atoms with van der Waals surface area (Å²) in [6.07, 6.45) is 0.918. The number of carbonyl (C=O) groups excluding carboxylic acids is 2. The van der Waals surface area contributed by atoms with Crippen LogP contribution in [0.3, 0.4) is 0 Å². The van der Waals surface area contributed by atoms with E-state index in [1.165, 1.54) is 10.6 Å². The fourth-order valence-corrected chi connectivity index (χ4v) is 2.95. The molecular formula is C20H26Cl3IN2O2. The minimum Gasteiger partial charge on any atom is -0.267 e. The number of hydrogen-bond acceptors (Lipinski definition) is 2. The zero-order valence-corrected chi connectivity index (χ0v) is 20.8. The van der Waals surface area contributed by atoms with Gasteiger partial charge in [0.05, 0.1) is 11.1 Å². The van der Waals surface area contributed by atoms with Gasteiger partial charge in [-0.05, 0) is 79.6 Å². The molecule has 0 heterocycles. The third-order valence-electron chi connectivity index (χ3n) is 3.82. The number of nitrogens with one attached hydrogen (secondary N) is 1. The predicted molar refractivity (Wildman–Crippen MR) is 130 cm³/mol. The van der Waals surface area contributed by atoms with E-state index in [0.29, 0.717) is 11.1 Å². The first-order valence-electron chi connectivity index (χ1n) is 8.23. The van der Waals surface area contributed by atoms with Gasteiger partial charge >= 0.3 is 0 Å². The summed E-state index contributed by atoms with van der Waals surface area (Å²) < 4.78 is 0.848. The molecule has 8 heteroatoms. The number of amides is 2. The van der Waals surface area contributed by atoms with Crippen LogP contribution >= 0.6 is 59.8 Å². The van der Waals surface area contributed by atoms with Crippen LogP contribution < -0.4 is 5.43 Å². The van der Waals surface area contributed by atoms with Crippen molar-refractivity contribution >= 4 is 71.6 Å². The van der Waals surface area contributed by atoms with Crippen LogP contribution in [0.15, 0.2) is 48.5 Å². The number of benzene rings is 2. The van der Waals surface area contributed by atoms with Crippen molar-refractivity contribution in [3.63, 3.8) is 0 Å². The van der Waals surface area contributed by atoms with E-state index in [1.807, 2.05) is 51.1 Å². The van der Waals surface area contributed by atoms with Gasteiger partial charge in [-0.2, -0.15) is 0 Å². The van der Waals surface area contributed by atoms with Crippen molar-refractivity contribution in [2.75, 3.05) is 0 Å². The second-order valence-corrected chi connectivity index (χ2v) is 7.94. The van der Waals surface area contributed by atoms with Gasteiger partial charge in [-0.3, -0.25) is 15.0 Å². The second kappa shape index (κ2) is 12.5. The Morgan fingerprint density at radius 1 is 0.964 bits per heavy atom. The lowest BCUT2D eigenvalue weighted by atomic mass is 10.1. The fourth-order valence-electron chi connectivity index (χ4n) is 2.34. The molecule has 0 aromatic heterocycles. The third-order valence-corrected chi connectivity index (χ3v) is 4.76. The summed E-state index contributed by atoms with van der Waals surface area (Å²) in [5.74, 6) is -0.520. The SMILES string of the molecule is CCc1ccc(C(=O)NN(C(=O)c2ccccc2I)C(C)(C)C)cc1.Cl.Cl.Cl. The van der Waals surface area contributed by atoms with Crippen molar-refractivity contribution < 1.29 is 9.59 Å². The van der Waals surface area contributed by atoms with Gasteiger partial charge in [-0.15, -0.1) is 37.2 Å².